The van der Waals surface area contributed by atoms with Crippen LogP contribution >= 0.6 is 27.5 Å². The minimum atomic E-state index is -0.676. The van der Waals surface area contributed by atoms with Crippen LogP contribution in [0.2, 0.25) is 5.02 Å². The maximum Gasteiger partial charge on any atom is 0.363 e. The van der Waals surface area contributed by atoms with Gasteiger partial charge in [-0.25, -0.2) is 14.6 Å². The number of carbonyl (C=O) groups excluding carboxylic acids is 2. The molecular formula is C25H14BrClN2O6. The van der Waals surface area contributed by atoms with Gasteiger partial charge in [0.25, 0.3) is 5.69 Å². The van der Waals surface area contributed by atoms with Gasteiger partial charge in [0.15, 0.2) is 5.70 Å². The monoisotopic (exact) mass is 552 g/mol. The van der Waals surface area contributed by atoms with Crippen molar-refractivity contribution in [1.82, 2.24) is 0 Å². The Morgan fingerprint density at radius 1 is 1.09 bits per heavy atom. The normalized spacial score (nSPS) is 14.2. The van der Waals surface area contributed by atoms with Gasteiger partial charge in [0, 0.05) is 38.8 Å². The number of nitro benzene ring substituents is 1. The molecule has 0 N–H and O–H groups in total. The van der Waals surface area contributed by atoms with Crippen LogP contribution in [-0.4, -0.2) is 22.8 Å². The molecular weight excluding hydrogens is 540 g/mol. The molecule has 8 nitrogen and oxygen atoms in total. The molecule has 1 aliphatic heterocycles. The molecule has 0 atom stereocenters. The molecule has 3 aromatic carbocycles. The highest BCUT2D eigenvalue weighted by Gasteiger charge is 2.24. The smallest absolute Gasteiger partial charge is 0.363 e. The van der Waals surface area contributed by atoms with E-state index in [2.05, 4.69) is 20.9 Å². The molecule has 0 saturated carbocycles. The number of carbonyl (C=O) groups is 2. The van der Waals surface area contributed by atoms with Crippen molar-refractivity contribution >= 4 is 63.2 Å². The summed E-state index contributed by atoms with van der Waals surface area (Å²) in [5.74, 6) is -0.991. The first-order valence-corrected chi connectivity index (χ1v) is 11.2. The van der Waals surface area contributed by atoms with Crippen molar-refractivity contribution in [1.29, 1.82) is 0 Å². The van der Waals surface area contributed by atoms with E-state index < -0.39 is 16.9 Å². The molecule has 1 aliphatic rings. The lowest BCUT2D eigenvalue weighted by Gasteiger charge is -2.06. The van der Waals surface area contributed by atoms with Crippen molar-refractivity contribution in [2.24, 2.45) is 4.99 Å². The van der Waals surface area contributed by atoms with Crippen LogP contribution in [0.25, 0.3) is 12.2 Å². The van der Waals surface area contributed by atoms with E-state index in [1.165, 1.54) is 42.5 Å². The van der Waals surface area contributed by atoms with Crippen LogP contribution in [0.1, 0.15) is 16.7 Å². The number of ether oxygens (including phenoxy) is 2. The van der Waals surface area contributed by atoms with E-state index in [1.54, 1.807) is 42.5 Å². The standard InChI is InChI=1S/C25H14BrClN2O6/c26-18-6-11-22(34-23(30)12-3-15-1-9-20(10-2-15)29(32)33)17(13-18)14-21-25(31)35-24(28-21)16-4-7-19(27)8-5-16/h1-14H/b12-3+,21-14-. The summed E-state index contributed by atoms with van der Waals surface area (Å²) in [6.45, 7) is 0. The Hall–Kier alpha value is -4.08. The van der Waals surface area contributed by atoms with Crippen molar-refractivity contribution in [2.75, 3.05) is 0 Å². The van der Waals surface area contributed by atoms with Crippen molar-refractivity contribution < 1.29 is 24.0 Å². The number of nitrogens with zero attached hydrogens (tertiary/aromatic N) is 2. The number of halogens is 2. The molecule has 3 aromatic rings. The molecule has 10 heteroatoms. The summed E-state index contributed by atoms with van der Waals surface area (Å²) in [5, 5.41) is 11.3. The van der Waals surface area contributed by atoms with Gasteiger partial charge >= 0.3 is 11.9 Å². The number of cyclic esters (lactones) is 1. The lowest BCUT2D eigenvalue weighted by molar-refractivity contribution is -0.384. The van der Waals surface area contributed by atoms with E-state index in [4.69, 9.17) is 21.1 Å². The molecule has 35 heavy (non-hydrogen) atoms. The van der Waals surface area contributed by atoms with Gasteiger partial charge in [-0.05, 0) is 72.3 Å². The zero-order valence-corrected chi connectivity index (χ0v) is 20.0. The first-order valence-electron chi connectivity index (χ1n) is 10.0. The number of nitro groups is 1. The molecule has 4 rings (SSSR count). The highest BCUT2D eigenvalue weighted by Crippen LogP contribution is 2.28. The Morgan fingerprint density at radius 2 is 1.80 bits per heavy atom. The molecule has 0 fully saturated rings. The molecule has 0 spiro atoms. The minimum Gasteiger partial charge on any atom is -0.423 e. The number of hydrogen-bond donors (Lipinski definition) is 0. The zero-order chi connectivity index (χ0) is 24.9. The number of rotatable bonds is 6. The summed E-state index contributed by atoms with van der Waals surface area (Å²) in [7, 11) is 0. The topological polar surface area (TPSA) is 108 Å². The van der Waals surface area contributed by atoms with Crippen LogP contribution in [0.5, 0.6) is 5.75 Å². The first kappa shape index (κ1) is 24.1. The summed E-state index contributed by atoms with van der Waals surface area (Å²) in [4.78, 5) is 39.3. The lowest BCUT2D eigenvalue weighted by Crippen LogP contribution is -2.06. The Morgan fingerprint density at radius 3 is 2.49 bits per heavy atom. The van der Waals surface area contributed by atoms with E-state index in [9.17, 15) is 19.7 Å². The third-order valence-electron chi connectivity index (χ3n) is 4.70. The Bertz CT molecular complexity index is 1410. The van der Waals surface area contributed by atoms with Crippen LogP contribution in [0.4, 0.5) is 5.69 Å². The third-order valence-corrected chi connectivity index (χ3v) is 5.45. The number of aliphatic imine (C=N–C) groups is 1. The zero-order valence-electron chi connectivity index (χ0n) is 17.7. The van der Waals surface area contributed by atoms with E-state index in [1.807, 2.05) is 0 Å². The van der Waals surface area contributed by atoms with Crippen LogP contribution in [0.15, 0.2) is 88.0 Å². The highest BCUT2D eigenvalue weighted by atomic mass is 79.9. The van der Waals surface area contributed by atoms with Gasteiger partial charge in [-0.2, -0.15) is 0 Å². The van der Waals surface area contributed by atoms with Gasteiger partial charge in [-0.1, -0.05) is 27.5 Å². The first-order chi connectivity index (χ1) is 16.8. The van der Waals surface area contributed by atoms with E-state index in [0.29, 0.717) is 26.2 Å². The fourth-order valence-corrected chi connectivity index (χ4v) is 3.52. The van der Waals surface area contributed by atoms with Crippen molar-refractivity contribution in [3.05, 3.63) is 115 Å². The quantitative estimate of drug-likeness (QED) is 0.122. The average molecular weight is 554 g/mol. The highest BCUT2D eigenvalue weighted by molar-refractivity contribution is 9.10. The van der Waals surface area contributed by atoms with E-state index in [-0.39, 0.29) is 23.0 Å². The van der Waals surface area contributed by atoms with E-state index >= 15 is 0 Å². The summed E-state index contributed by atoms with van der Waals surface area (Å²) < 4.78 is 11.4. The number of hydrogen-bond acceptors (Lipinski definition) is 7. The molecule has 1 heterocycles. The molecule has 0 saturated heterocycles. The van der Waals surface area contributed by atoms with E-state index in [0.717, 1.165) is 0 Å². The predicted octanol–water partition coefficient (Wildman–Crippen LogP) is 5.97. The fourth-order valence-electron chi connectivity index (χ4n) is 3.01. The largest absolute Gasteiger partial charge is 0.423 e. The molecule has 0 aliphatic carbocycles. The average Bonchev–Trinajstić information content (AvgIpc) is 3.20. The Kier molecular flexibility index (Phi) is 7.19. The number of non-ortho nitro benzene ring substituents is 1. The van der Waals surface area contributed by atoms with Crippen LogP contribution in [0.3, 0.4) is 0 Å². The maximum atomic E-state index is 12.4. The molecule has 0 aromatic heterocycles. The molecule has 0 bridgehead atoms. The predicted molar refractivity (Wildman–Crippen MR) is 134 cm³/mol. The van der Waals surface area contributed by atoms with Gasteiger partial charge in [0.05, 0.1) is 4.92 Å². The Labute approximate surface area is 212 Å². The summed E-state index contributed by atoms with van der Waals surface area (Å²) in [5.41, 5.74) is 1.58. The summed E-state index contributed by atoms with van der Waals surface area (Å²) in [6, 6.07) is 17.3. The van der Waals surface area contributed by atoms with Crippen molar-refractivity contribution in [3.63, 3.8) is 0 Å². The maximum absolute atomic E-state index is 12.4. The van der Waals surface area contributed by atoms with Gasteiger partial charge in [0.2, 0.25) is 5.90 Å². The molecule has 0 radical (unpaired) electrons. The SMILES string of the molecule is O=C(/C=C/c1ccc([N+](=O)[O-])cc1)Oc1ccc(Br)cc1/C=C1\N=C(c2ccc(Cl)cc2)OC1=O. The van der Waals surface area contributed by atoms with Crippen LogP contribution in [0, 0.1) is 10.1 Å². The van der Waals surface area contributed by atoms with Gasteiger partial charge in [-0.15, -0.1) is 0 Å². The van der Waals surface area contributed by atoms with Crippen molar-refractivity contribution in [3.8, 4) is 5.75 Å². The summed E-state index contributed by atoms with van der Waals surface area (Å²) >= 11 is 9.26. The van der Waals surface area contributed by atoms with Crippen LogP contribution in [-0.2, 0) is 14.3 Å². The minimum absolute atomic E-state index is 0.0340. The molecule has 174 valence electrons. The van der Waals surface area contributed by atoms with Gasteiger partial charge in [-0.3, -0.25) is 10.1 Å². The summed E-state index contributed by atoms with van der Waals surface area (Å²) in [6.07, 6.45) is 4.12. The second-order valence-corrected chi connectivity index (χ2v) is 8.48. The number of esters is 2. The van der Waals surface area contributed by atoms with Gasteiger partial charge in [0.1, 0.15) is 5.75 Å². The van der Waals surface area contributed by atoms with Crippen LogP contribution < -0.4 is 4.74 Å². The number of benzene rings is 3. The van der Waals surface area contributed by atoms with Crippen molar-refractivity contribution in [2.45, 2.75) is 0 Å². The fraction of sp³-hybridized carbons (Fsp3) is 0. The Balaban J connectivity index is 1.54. The third kappa shape index (κ3) is 6.08. The second kappa shape index (κ2) is 10.5. The molecule has 0 unspecified atom stereocenters. The van der Waals surface area contributed by atoms with Gasteiger partial charge < -0.3 is 9.47 Å². The molecule has 0 amide bonds. The second-order valence-electron chi connectivity index (χ2n) is 7.13. The lowest BCUT2D eigenvalue weighted by atomic mass is 10.1.